The van der Waals surface area contributed by atoms with Gasteiger partial charge in [-0.2, -0.15) is 17.0 Å². The largest absolute Gasteiger partial charge is 0.496 e. The summed E-state index contributed by atoms with van der Waals surface area (Å²) in [4.78, 5) is 14.2. The summed E-state index contributed by atoms with van der Waals surface area (Å²) in [6.07, 6.45) is 1.04. The van der Waals surface area contributed by atoms with Crippen LogP contribution in [0.2, 0.25) is 0 Å². The van der Waals surface area contributed by atoms with Gasteiger partial charge in [0.2, 0.25) is 5.91 Å². The minimum atomic E-state index is -3.43. The number of carbonyl (C=O) groups is 1. The smallest absolute Gasteiger partial charge is 0.282 e. The highest BCUT2D eigenvalue weighted by molar-refractivity contribution is 9.10. The van der Waals surface area contributed by atoms with Gasteiger partial charge in [-0.25, -0.2) is 0 Å². The number of ether oxygens (including phenoxy) is 1. The highest BCUT2D eigenvalue weighted by atomic mass is 79.9. The summed E-state index contributed by atoms with van der Waals surface area (Å²) >= 11 is 3.45. The molecule has 0 aromatic heterocycles. The van der Waals surface area contributed by atoms with Crippen LogP contribution in [0.4, 0.5) is 0 Å². The minimum Gasteiger partial charge on any atom is -0.496 e. The maximum absolute atomic E-state index is 12.6. The number of nitrogens with zero attached hydrogens (tertiary/aromatic N) is 3. The fourth-order valence-electron chi connectivity index (χ4n) is 3.16. The molecule has 1 aromatic carbocycles. The number of hydrogen-bond acceptors (Lipinski definition) is 4. The van der Waals surface area contributed by atoms with E-state index in [1.54, 1.807) is 12.0 Å². The molecular weight excluding hydrogens is 434 g/mol. The van der Waals surface area contributed by atoms with Gasteiger partial charge in [-0.05, 0) is 40.0 Å². The van der Waals surface area contributed by atoms with Crippen LogP contribution in [0.3, 0.4) is 0 Å². The van der Waals surface area contributed by atoms with Crippen LogP contribution in [0.5, 0.6) is 5.75 Å². The first-order valence-corrected chi connectivity index (χ1v) is 11.4. The topological polar surface area (TPSA) is 70.2 Å². The number of benzene rings is 1. The lowest BCUT2D eigenvalue weighted by atomic mass is 10.1. The Labute approximate surface area is 170 Å². The van der Waals surface area contributed by atoms with E-state index in [1.807, 2.05) is 32.0 Å². The van der Waals surface area contributed by atoms with Crippen LogP contribution < -0.4 is 4.74 Å². The van der Waals surface area contributed by atoms with Gasteiger partial charge in [-0.15, -0.1) is 0 Å². The molecule has 0 spiro atoms. The summed E-state index contributed by atoms with van der Waals surface area (Å²) < 4.78 is 34.1. The van der Waals surface area contributed by atoms with Crippen LogP contribution in [-0.2, 0) is 21.4 Å². The van der Waals surface area contributed by atoms with E-state index in [2.05, 4.69) is 15.9 Å². The average Bonchev–Trinajstić information content (AvgIpc) is 2.67. The van der Waals surface area contributed by atoms with Gasteiger partial charge in [0, 0.05) is 45.7 Å². The van der Waals surface area contributed by atoms with Crippen molar-refractivity contribution in [2.45, 2.75) is 26.7 Å². The van der Waals surface area contributed by atoms with Crippen molar-refractivity contribution >= 4 is 32.0 Å². The summed E-state index contributed by atoms with van der Waals surface area (Å²) in [6, 6.07) is 5.78. The van der Waals surface area contributed by atoms with Crippen LogP contribution in [0.25, 0.3) is 0 Å². The Morgan fingerprint density at radius 1 is 1.19 bits per heavy atom. The van der Waals surface area contributed by atoms with E-state index < -0.39 is 10.2 Å². The molecule has 0 N–H and O–H groups in total. The molecule has 1 saturated heterocycles. The van der Waals surface area contributed by atoms with Crippen LogP contribution in [-0.4, -0.2) is 74.2 Å². The lowest BCUT2D eigenvalue weighted by molar-refractivity contribution is -0.132. The highest BCUT2D eigenvalue weighted by Gasteiger charge is 2.31. The Morgan fingerprint density at radius 2 is 1.81 bits per heavy atom. The first-order valence-electron chi connectivity index (χ1n) is 9.18. The second kappa shape index (κ2) is 9.86. The molecule has 152 valence electrons. The number of amides is 1. The normalized spacial score (nSPS) is 16.0. The molecule has 1 aliphatic rings. The summed E-state index contributed by atoms with van der Waals surface area (Å²) in [5.41, 5.74) is 1.05. The standard InChI is InChI=1S/C18H28BrN3O4S/c1-4-21(5-2)27(24,25)22-12-10-20(11-13-22)18(23)9-7-15-6-8-17(26-3)16(19)14-15/h6,8,14H,4-5,7,9-13H2,1-3H3. The van der Waals surface area contributed by atoms with E-state index in [1.165, 1.54) is 8.61 Å². The van der Waals surface area contributed by atoms with Crippen LogP contribution in [0.15, 0.2) is 22.7 Å². The molecule has 1 aliphatic heterocycles. The van der Waals surface area contributed by atoms with E-state index >= 15 is 0 Å². The first kappa shape index (κ1) is 22.1. The fourth-order valence-corrected chi connectivity index (χ4v) is 5.35. The zero-order valence-electron chi connectivity index (χ0n) is 16.1. The predicted molar refractivity (Wildman–Crippen MR) is 109 cm³/mol. The summed E-state index contributed by atoms with van der Waals surface area (Å²) in [7, 11) is -1.81. The van der Waals surface area contributed by atoms with Gasteiger partial charge in [0.1, 0.15) is 5.75 Å². The zero-order chi connectivity index (χ0) is 20.0. The van der Waals surface area contributed by atoms with Crippen molar-refractivity contribution in [3.8, 4) is 5.75 Å². The van der Waals surface area contributed by atoms with Crippen molar-refractivity contribution in [1.29, 1.82) is 0 Å². The molecule has 1 fully saturated rings. The van der Waals surface area contributed by atoms with Gasteiger partial charge in [-0.3, -0.25) is 4.79 Å². The van der Waals surface area contributed by atoms with E-state index in [0.717, 1.165) is 15.8 Å². The number of rotatable bonds is 8. The Balaban J connectivity index is 1.87. The zero-order valence-corrected chi connectivity index (χ0v) is 18.6. The van der Waals surface area contributed by atoms with Crippen molar-refractivity contribution in [3.63, 3.8) is 0 Å². The number of halogens is 1. The second-order valence-corrected chi connectivity index (χ2v) is 9.12. The van der Waals surface area contributed by atoms with E-state index in [4.69, 9.17) is 4.74 Å². The fraction of sp³-hybridized carbons (Fsp3) is 0.611. The monoisotopic (exact) mass is 461 g/mol. The molecule has 2 rings (SSSR count). The van der Waals surface area contributed by atoms with Crippen molar-refractivity contribution in [2.24, 2.45) is 0 Å². The Kier molecular flexibility index (Phi) is 8.08. The molecule has 9 heteroatoms. The predicted octanol–water partition coefficient (Wildman–Crippen LogP) is 2.12. The molecule has 1 amide bonds. The summed E-state index contributed by atoms with van der Waals surface area (Å²) in [6.45, 7) is 6.14. The molecule has 0 aliphatic carbocycles. The van der Waals surface area contributed by atoms with Crippen molar-refractivity contribution < 1.29 is 17.9 Å². The van der Waals surface area contributed by atoms with E-state index in [9.17, 15) is 13.2 Å². The number of aryl methyl sites for hydroxylation is 1. The van der Waals surface area contributed by atoms with Crippen molar-refractivity contribution in [3.05, 3.63) is 28.2 Å². The Bertz CT molecular complexity index is 745. The van der Waals surface area contributed by atoms with Gasteiger partial charge in [0.15, 0.2) is 0 Å². The lowest BCUT2D eigenvalue weighted by Gasteiger charge is -2.36. The lowest BCUT2D eigenvalue weighted by Crippen LogP contribution is -2.54. The molecule has 1 heterocycles. The van der Waals surface area contributed by atoms with Crippen LogP contribution >= 0.6 is 15.9 Å². The van der Waals surface area contributed by atoms with Gasteiger partial charge in [0.05, 0.1) is 11.6 Å². The Hall–Kier alpha value is -1.16. The van der Waals surface area contributed by atoms with Crippen LogP contribution in [0, 0.1) is 0 Å². The quantitative estimate of drug-likeness (QED) is 0.594. The molecule has 7 nitrogen and oxygen atoms in total. The van der Waals surface area contributed by atoms with Gasteiger partial charge in [0.25, 0.3) is 10.2 Å². The third kappa shape index (κ3) is 5.43. The number of piperazine rings is 1. The molecule has 0 saturated carbocycles. The molecular formula is C18H28BrN3O4S. The molecule has 0 radical (unpaired) electrons. The second-order valence-electron chi connectivity index (χ2n) is 6.34. The molecule has 0 atom stereocenters. The van der Waals surface area contributed by atoms with Crippen molar-refractivity contribution in [1.82, 2.24) is 13.5 Å². The Morgan fingerprint density at radius 3 is 2.33 bits per heavy atom. The molecule has 1 aromatic rings. The highest BCUT2D eigenvalue weighted by Crippen LogP contribution is 2.26. The first-order chi connectivity index (χ1) is 12.8. The van der Waals surface area contributed by atoms with Crippen molar-refractivity contribution in [2.75, 3.05) is 46.4 Å². The molecule has 0 bridgehead atoms. The minimum absolute atomic E-state index is 0.0572. The molecule has 27 heavy (non-hydrogen) atoms. The summed E-state index contributed by atoms with van der Waals surface area (Å²) in [5, 5.41) is 0. The van der Waals surface area contributed by atoms with E-state index in [-0.39, 0.29) is 5.91 Å². The number of carbonyl (C=O) groups excluding carboxylic acids is 1. The maximum Gasteiger partial charge on any atom is 0.282 e. The SMILES string of the molecule is CCN(CC)S(=O)(=O)N1CCN(C(=O)CCc2ccc(OC)c(Br)c2)CC1. The third-order valence-corrected chi connectivity index (χ3v) is 7.60. The maximum atomic E-state index is 12.6. The average molecular weight is 462 g/mol. The summed E-state index contributed by atoms with van der Waals surface area (Å²) in [5.74, 6) is 0.817. The van der Waals surface area contributed by atoms with Gasteiger partial charge in [-0.1, -0.05) is 19.9 Å². The number of hydrogen-bond donors (Lipinski definition) is 0. The van der Waals surface area contributed by atoms with E-state index in [0.29, 0.717) is 52.1 Å². The molecule has 0 unspecified atom stereocenters. The van der Waals surface area contributed by atoms with Crippen LogP contribution in [0.1, 0.15) is 25.8 Å². The van der Waals surface area contributed by atoms with Gasteiger partial charge >= 0.3 is 0 Å². The number of methoxy groups -OCH3 is 1. The third-order valence-electron chi connectivity index (χ3n) is 4.79. The van der Waals surface area contributed by atoms with Gasteiger partial charge < -0.3 is 9.64 Å².